The molecule has 2 fully saturated rings. The Bertz CT molecular complexity index is 2720. The van der Waals surface area contributed by atoms with Crippen molar-refractivity contribution in [2.24, 2.45) is 22.9 Å². The largest absolute Gasteiger partial charge is 0.459 e. The van der Waals surface area contributed by atoms with E-state index in [1.165, 1.54) is 0 Å². The molecule has 2 heterocycles. The van der Waals surface area contributed by atoms with E-state index < -0.39 is 36.2 Å². The van der Waals surface area contributed by atoms with E-state index in [2.05, 4.69) is 36.2 Å². The van der Waals surface area contributed by atoms with Crippen molar-refractivity contribution in [3.8, 4) is 11.5 Å². The maximum absolute atomic E-state index is 15.4. The molecule has 9 rings (SSSR count). The van der Waals surface area contributed by atoms with Crippen LogP contribution in [0.1, 0.15) is 92.4 Å². The van der Waals surface area contributed by atoms with Crippen LogP contribution in [0.2, 0.25) is 0 Å². The number of aliphatic hydroxyl groups excluding tert-OH is 2. The minimum Gasteiger partial charge on any atom is -0.459 e. The molecule has 2 aliphatic heterocycles. The SMILES string of the molecule is C=CCOC12Oc3ccc(OC(=O)NCc4ccccc4)cc3C3C(CCCCO)C(CCCCO)C=C(C(=NOC4CCCCO4)CC1N(Cc1cccc4ccccc14)C(=O)OCCOCc1ccccc1)C32. The van der Waals surface area contributed by atoms with Gasteiger partial charge in [-0.2, -0.15) is 0 Å². The zero-order valence-corrected chi connectivity index (χ0v) is 42.8. The van der Waals surface area contributed by atoms with Crippen LogP contribution in [0.15, 0.2) is 151 Å². The summed E-state index contributed by atoms with van der Waals surface area (Å²) in [5.74, 6) is -1.80. The maximum Gasteiger partial charge on any atom is 0.412 e. The quantitative estimate of drug-likeness (QED) is 0.0306. The number of fused-ring (bicyclic) bond motifs is 3. The molecule has 5 aromatic carbocycles. The minimum absolute atomic E-state index is 0.0148. The van der Waals surface area contributed by atoms with E-state index in [9.17, 15) is 15.0 Å². The highest BCUT2D eigenvalue weighted by atomic mass is 16.8. The molecule has 1 saturated heterocycles. The second-order valence-corrected chi connectivity index (χ2v) is 19.8. The number of nitrogens with one attached hydrogen (secondary N) is 1. The van der Waals surface area contributed by atoms with E-state index in [0.717, 1.165) is 77.1 Å². The van der Waals surface area contributed by atoms with Crippen LogP contribution < -0.4 is 14.8 Å². The van der Waals surface area contributed by atoms with Crippen LogP contribution in [0.3, 0.4) is 0 Å². The lowest BCUT2D eigenvalue weighted by Gasteiger charge is -2.60. The molecule has 7 unspecified atom stereocenters. The Morgan fingerprint density at radius 2 is 1.61 bits per heavy atom. The molecule has 14 nitrogen and oxygen atoms in total. The molecule has 4 aliphatic rings. The first kappa shape index (κ1) is 53.3. The zero-order chi connectivity index (χ0) is 51.8. The molecule has 75 heavy (non-hydrogen) atoms. The van der Waals surface area contributed by atoms with E-state index in [4.69, 9.17) is 38.4 Å². The Hall–Kier alpha value is -6.55. The van der Waals surface area contributed by atoms with Gasteiger partial charge in [-0.05, 0) is 102 Å². The van der Waals surface area contributed by atoms with Crippen molar-refractivity contribution >= 4 is 28.7 Å². The van der Waals surface area contributed by atoms with Gasteiger partial charge in [0.2, 0.25) is 12.1 Å². The standard InChI is InChI=1S/C61H71N3O11/c1-2-33-72-61-55(64(41-47-25-17-24-45-22-9-10-26-49(45)47)60(68)71-36-35-69-42-44-20-7-4-8-21-44)39-53(63-75-56-28-13-16-34-70-56)51-37-46(23-11-14-31-65)50(27-12-15-32-66)57(58(51)61)52-38-48(29-30-54(52)74-61)73-59(67)62-40-43-18-5-3-6-19-43/h2-10,17-22,24-26,29-30,37-38,46,50,55-58,65-66H,1,11-16,23,27-28,31-36,39-42H2,(H,62,67). The van der Waals surface area contributed by atoms with Gasteiger partial charge in [-0.25, -0.2) is 9.59 Å². The summed E-state index contributed by atoms with van der Waals surface area (Å²) < 4.78 is 39.1. The number of rotatable bonds is 24. The molecule has 3 N–H and O–H groups in total. The van der Waals surface area contributed by atoms with Crippen molar-refractivity contribution < 1.29 is 53.1 Å². The first-order valence-electron chi connectivity index (χ1n) is 26.8. The number of carbonyl (C=O) groups is 2. The van der Waals surface area contributed by atoms with Crippen LogP contribution in [0.4, 0.5) is 9.59 Å². The number of amides is 2. The Labute approximate surface area is 440 Å². The van der Waals surface area contributed by atoms with Crippen molar-refractivity contribution in [3.63, 3.8) is 0 Å². The Morgan fingerprint density at radius 3 is 2.39 bits per heavy atom. The topological polar surface area (TPSA) is 167 Å². The summed E-state index contributed by atoms with van der Waals surface area (Å²) in [5.41, 5.74) is 5.15. The van der Waals surface area contributed by atoms with Crippen molar-refractivity contribution in [2.75, 3.05) is 39.6 Å². The van der Waals surface area contributed by atoms with Gasteiger partial charge in [0.05, 0.1) is 44.6 Å². The molecule has 0 radical (unpaired) electrons. The molecule has 2 amide bonds. The number of carbonyl (C=O) groups excluding carboxylic acids is 2. The number of aliphatic hydroxyl groups is 2. The minimum atomic E-state index is -1.58. The number of benzene rings is 5. The van der Waals surface area contributed by atoms with Gasteiger partial charge < -0.3 is 48.8 Å². The fraction of sp³-hybridized carbons (Fsp3) is 0.426. The molecule has 0 spiro atoms. The molecule has 14 heteroatoms. The molecule has 2 aliphatic carbocycles. The highest BCUT2D eigenvalue weighted by Gasteiger charge is 2.66. The van der Waals surface area contributed by atoms with Crippen LogP contribution in [0, 0.1) is 17.8 Å². The highest BCUT2D eigenvalue weighted by Crippen LogP contribution is 2.62. The monoisotopic (exact) mass is 1020 g/mol. The smallest absolute Gasteiger partial charge is 0.412 e. The fourth-order valence-electron chi connectivity index (χ4n) is 11.5. The number of allylic oxidation sites excluding steroid dienone is 1. The van der Waals surface area contributed by atoms with Crippen molar-refractivity contribution in [1.29, 1.82) is 0 Å². The summed E-state index contributed by atoms with van der Waals surface area (Å²) in [7, 11) is 0. The zero-order valence-electron chi connectivity index (χ0n) is 42.8. The van der Waals surface area contributed by atoms with Crippen LogP contribution in [-0.2, 0) is 43.5 Å². The third-order valence-electron chi connectivity index (χ3n) is 14.9. The Balaban J connectivity index is 1.18. The lowest BCUT2D eigenvalue weighted by Crippen LogP contribution is -2.70. The summed E-state index contributed by atoms with van der Waals surface area (Å²) in [6, 6.07) is 38.2. The Morgan fingerprint density at radius 1 is 0.853 bits per heavy atom. The molecule has 1 saturated carbocycles. The molecule has 0 bridgehead atoms. The summed E-state index contributed by atoms with van der Waals surface area (Å²) in [5, 5.41) is 30.1. The number of unbranched alkanes of at least 4 members (excludes halogenated alkanes) is 2. The van der Waals surface area contributed by atoms with Crippen LogP contribution in [-0.4, -0.2) is 90.8 Å². The second kappa shape index (κ2) is 26.3. The summed E-state index contributed by atoms with van der Waals surface area (Å²) in [4.78, 5) is 37.0. The number of hydrogen-bond donors (Lipinski definition) is 3. The van der Waals surface area contributed by atoms with Gasteiger partial charge in [0.15, 0.2) is 0 Å². The summed E-state index contributed by atoms with van der Waals surface area (Å²) in [6.45, 7) is 5.76. The third-order valence-corrected chi connectivity index (χ3v) is 14.9. The number of ether oxygens (including phenoxy) is 6. The number of hydrogen-bond acceptors (Lipinski definition) is 12. The molecule has 396 valence electrons. The van der Waals surface area contributed by atoms with Crippen LogP contribution in [0.25, 0.3) is 10.8 Å². The average molecular weight is 1020 g/mol. The van der Waals surface area contributed by atoms with E-state index in [0.29, 0.717) is 49.7 Å². The third kappa shape index (κ3) is 12.9. The van der Waals surface area contributed by atoms with Gasteiger partial charge in [0, 0.05) is 44.1 Å². The Kier molecular flexibility index (Phi) is 18.7. The van der Waals surface area contributed by atoms with Gasteiger partial charge in [0.25, 0.3) is 0 Å². The van der Waals surface area contributed by atoms with Gasteiger partial charge >= 0.3 is 12.2 Å². The van der Waals surface area contributed by atoms with E-state index in [1.807, 2.05) is 97.1 Å². The predicted molar refractivity (Wildman–Crippen MR) is 286 cm³/mol. The summed E-state index contributed by atoms with van der Waals surface area (Å²) >= 11 is 0. The first-order valence-corrected chi connectivity index (χ1v) is 26.8. The maximum atomic E-state index is 15.4. The predicted octanol–water partition coefficient (Wildman–Crippen LogP) is 11.1. The number of nitrogens with zero attached hydrogens (tertiary/aromatic N) is 2. The lowest BCUT2D eigenvalue weighted by atomic mass is 9.55. The molecule has 0 aromatic heterocycles. The molecular weight excluding hydrogens is 951 g/mol. The first-order chi connectivity index (χ1) is 36.9. The van der Waals surface area contributed by atoms with E-state index >= 15 is 4.79 Å². The van der Waals surface area contributed by atoms with Crippen molar-refractivity contribution in [2.45, 2.75) is 108 Å². The highest BCUT2D eigenvalue weighted by molar-refractivity contribution is 6.03. The fourth-order valence-corrected chi connectivity index (χ4v) is 11.5. The van der Waals surface area contributed by atoms with E-state index in [-0.39, 0.29) is 70.3 Å². The van der Waals surface area contributed by atoms with Crippen LogP contribution >= 0.6 is 0 Å². The normalized spacial score (nSPS) is 23.2. The number of oxime groups is 1. The molecule has 5 aromatic rings. The van der Waals surface area contributed by atoms with Gasteiger partial charge in [-0.3, -0.25) is 4.90 Å². The van der Waals surface area contributed by atoms with Gasteiger partial charge in [0.1, 0.15) is 24.1 Å². The molecule has 7 atom stereocenters. The second-order valence-electron chi connectivity index (χ2n) is 19.8. The van der Waals surface area contributed by atoms with Crippen LogP contribution in [0.5, 0.6) is 11.5 Å². The van der Waals surface area contributed by atoms with E-state index in [1.54, 1.807) is 17.0 Å². The van der Waals surface area contributed by atoms with Crippen molar-refractivity contribution in [3.05, 3.63) is 168 Å². The molecular formula is C61H71N3O11. The lowest BCUT2D eigenvalue weighted by molar-refractivity contribution is -0.256. The van der Waals surface area contributed by atoms with Gasteiger partial charge in [-0.15, -0.1) is 6.58 Å². The average Bonchev–Trinajstić information content (AvgIpc) is 3.44. The van der Waals surface area contributed by atoms with Crippen molar-refractivity contribution in [1.82, 2.24) is 10.2 Å². The van der Waals surface area contributed by atoms with Gasteiger partial charge in [-0.1, -0.05) is 133 Å². The summed E-state index contributed by atoms with van der Waals surface area (Å²) in [6.07, 6.45) is 9.18.